The van der Waals surface area contributed by atoms with Crippen molar-refractivity contribution in [2.45, 2.75) is 46.3 Å². The zero-order valence-corrected chi connectivity index (χ0v) is 15.4. The zero-order valence-electron chi connectivity index (χ0n) is 15.4. The summed E-state index contributed by atoms with van der Waals surface area (Å²) < 4.78 is 11.4. The Morgan fingerprint density at radius 1 is 1.08 bits per heavy atom. The van der Waals surface area contributed by atoms with Crippen LogP contribution in [0.1, 0.15) is 44.4 Å². The molecule has 0 bridgehead atoms. The van der Waals surface area contributed by atoms with Gasteiger partial charge in [-0.25, -0.2) is 0 Å². The number of para-hydroxylation sites is 1. The van der Waals surface area contributed by atoms with E-state index < -0.39 is 6.10 Å². The van der Waals surface area contributed by atoms with Crippen molar-refractivity contribution in [2.24, 2.45) is 0 Å². The molecule has 2 atom stereocenters. The van der Waals surface area contributed by atoms with Gasteiger partial charge in [0.15, 0.2) is 6.10 Å². The number of carbonyl (C=O) groups excluding carboxylic acids is 1. The fourth-order valence-electron chi connectivity index (χ4n) is 2.57. The second kappa shape index (κ2) is 9.11. The number of carbonyl (C=O) groups is 1. The zero-order chi connectivity index (χ0) is 18.2. The molecule has 0 saturated heterocycles. The summed E-state index contributed by atoms with van der Waals surface area (Å²) in [5.74, 6) is 1.48. The van der Waals surface area contributed by atoms with Crippen LogP contribution in [-0.4, -0.2) is 18.6 Å². The molecule has 4 heteroatoms. The number of nitrogens with one attached hydrogen (secondary N) is 1. The van der Waals surface area contributed by atoms with Gasteiger partial charge in [-0.05, 0) is 56.5 Å². The van der Waals surface area contributed by atoms with Crippen molar-refractivity contribution in [1.29, 1.82) is 0 Å². The smallest absolute Gasteiger partial charge is 0.261 e. The van der Waals surface area contributed by atoms with Crippen molar-refractivity contribution in [3.8, 4) is 11.5 Å². The average Bonchev–Trinajstić information content (AvgIpc) is 2.61. The summed E-state index contributed by atoms with van der Waals surface area (Å²) in [6, 6.07) is 15.4. The first-order chi connectivity index (χ1) is 12.0. The van der Waals surface area contributed by atoms with E-state index in [1.54, 1.807) is 0 Å². The normalized spacial score (nSPS) is 13.0. The third-order valence-electron chi connectivity index (χ3n) is 4.08. The standard InChI is InChI=1S/C21H27NO3/c1-5-19(25-20-10-8-7-9-15(20)3)21(23)22-16(4)17-11-13-18(14-12-17)24-6-2/h7-14,16,19H,5-6H2,1-4H3,(H,22,23)/t16-,19+/m1/s1. The van der Waals surface area contributed by atoms with Crippen LogP contribution in [0.5, 0.6) is 11.5 Å². The first kappa shape index (κ1) is 18.8. The molecule has 0 radical (unpaired) electrons. The lowest BCUT2D eigenvalue weighted by atomic mass is 10.1. The fourth-order valence-corrected chi connectivity index (χ4v) is 2.57. The van der Waals surface area contributed by atoms with Crippen LogP contribution in [0.3, 0.4) is 0 Å². The number of rotatable bonds is 8. The molecule has 0 saturated carbocycles. The summed E-state index contributed by atoms with van der Waals surface area (Å²) >= 11 is 0. The van der Waals surface area contributed by atoms with Crippen LogP contribution >= 0.6 is 0 Å². The van der Waals surface area contributed by atoms with Crippen LogP contribution < -0.4 is 14.8 Å². The van der Waals surface area contributed by atoms with E-state index in [0.717, 1.165) is 22.6 Å². The van der Waals surface area contributed by atoms with Crippen molar-refractivity contribution >= 4 is 5.91 Å². The molecule has 0 heterocycles. The Balaban J connectivity index is 1.99. The Kier molecular flexibility index (Phi) is 6.87. The molecule has 0 fully saturated rings. The van der Waals surface area contributed by atoms with E-state index in [-0.39, 0.29) is 11.9 Å². The summed E-state index contributed by atoms with van der Waals surface area (Å²) in [5, 5.41) is 3.03. The van der Waals surface area contributed by atoms with E-state index in [4.69, 9.17) is 9.47 Å². The van der Waals surface area contributed by atoms with Gasteiger partial charge in [0.1, 0.15) is 11.5 Å². The third kappa shape index (κ3) is 5.24. The molecule has 4 nitrogen and oxygen atoms in total. The number of hydrogen-bond acceptors (Lipinski definition) is 3. The van der Waals surface area contributed by atoms with Crippen molar-refractivity contribution in [3.63, 3.8) is 0 Å². The predicted molar refractivity (Wildman–Crippen MR) is 100 cm³/mol. The van der Waals surface area contributed by atoms with Crippen molar-refractivity contribution in [2.75, 3.05) is 6.61 Å². The highest BCUT2D eigenvalue weighted by Crippen LogP contribution is 2.21. The number of benzene rings is 2. The minimum Gasteiger partial charge on any atom is -0.494 e. The Hall–Kier alpha value is -2.49. The van der Waals surface area contributed by atoms with Gasteiger partial charge >= 0.3 is 0 Å². The van der Waals surface area contributed by atoms with Crippen LogP contribution in [0.15, 0.2) is 48.5 Å². The highest BCUT2D eigenvalue weighted by molar-refractivity contribution is 5.81. The Labute approximate surface area is 150 Å². The predicted octanol–water partition coefficient (Wildman–Crippen LogP) is 4.43. The maximum atomic E-state index is 12.6. The number of aryl methyl sites for hydroxylation is 1. The maximum Gasteiger partial charge on any atom is 0.261 e. The molecule has 2 aromatic rings. The molecule has 0 aliphatic rings. The molecule has 0 spiro atoms. The minimum absolute atomic E-state index is 0.0994. The molecule has 0 unspecified atom stereocenters. The SMILES string of the molecule is CCOc1ccc([C@@H](C)NC(=O)[C@H](CC)Oc2ccccc2C)cc1. The molecule has 25 heavy (non-hydrogen) atoms. The van der Waals surface area contributed by atoms with Crippen molar-refractivity contribution in [1.82, 2.24) is 5.32 Å². The topological polar surface area (TPSA) is 47.6 Å². The van der Waals surface area contributed by atoms with E-state index in [2.05, 4.69) is 5.32 Å². The largest absolute Gasteiger partial charge is 0.494 e. The summed E-state index contributed by atoms with van der Waals surface area (Å²) in [7, 11) is 0. The van der Waals surface area contributed by atoms with Gasteiger partial charge in [0.05, 0.1) is 12.6 Å². The van der Waals surface area contributed by atoms with E-state index >= 15 is 0 Å². The number of amides is 1. The molecule has 0 aliphatic carbocycles. The molecule has 1 N–H and O–H groups in total. The summed E-state index contributed by atoms with van der Waals surface area (Å²) in [4.78, 5) is 12.6. The molecular formula is C21H27NO3. The van der Waals surface area contributed by atoms with Gasteiger partial charge in [0.25, 0.3) is 5.91 Å². The van der Waals surface area contributed by atoms with E-state index in [1.165, 1.54) is 0 Å². The molecule has 0 aliphatic heterocycles. The fraction of sp³-hybridized carbons (Fsp3) is 0.381. The minimum atomic E-state index is -0.508. The molecule has 2 aromatic carbocycles. The molecule has 134 valence electrons. The lowest BCUT2D eigenvalue weighted by Crippen LogP contribution is -2.39. The van der Waals surface area contributed by atoms with E-state index in [1.807, 2.05) is 76.2 Å². The Morgan fingerprint density at radius 2 is 1.76 bits per heavy atom. The van der Waals surface area contributed by atoms with E-state index in [0.29, 0.717) is 13.0 Å². The third-order valence-corrected chi connectivity index (χ3v) is 4.08. The number of ether oxygens (including phenoxy) is 2. The lowest BCUT2D eigenvalue weighted by molar-refractivity contribution is -0.128. The van der Waals surface area contributed by atoms with Gasteiger partial charge in [-0.1, -0.05) is 37.3 Å². The van der Waals surface area contributed by atoms with Crippen LogP contribution in [0.2, 0.25) is 0 Å². The van der Waals surface area contributed by atoms with Gasteiger partial charge in [-0.3, -0.25) is 4.79 Å². The molecular weight excluding hydrogens is 314 g/mol. The molecule has 2 rings (SSSR count). The second-order valence-electron chi connectivity index (χ2n) is 6.01. The second-order valence-corrected chi connectivity index (χ2v) is 6.01. The Morgan fingerprint density at radius 3 is 2.36 bits per heavy atom. The average molecular weight is 341 g/mol. The monoisotopic (exact) mass is 341 g/mol. The van der Waals surface area contributed by atoms with Crippen LogP contribution in [0, 0.1) is 6.92 Å². The summed E-state index contributed by atoms with van der Waals surface area (Å²) in [6.07, 6.45) is 0.0992. The van der Waals surface area contributed by atoms with Gasteiger partial charge < -0.3 is 14.8 Å². The Bertz CT molecular complexity index is 682. The lowest BCUT2D eigenvalue weighted by Gasteiger charge is -2.21. The van der Waals surface area contributed by atoms with Crippen LogP contribution in [-0.2, 0) is 4.79 Å². The van der Waals surface area contributed by atoms with Gasteiger partial charge in [0, 0.05) is 0 Å². The van der Waals surface area contributed by atoms with E-state index in [9.17, 15) is 4.79 Å². The first-order valence-corrected chi connectivity index (χ1v) is 8.80. The van der Waals surface area contributed by atoms with Crippen LogP contribution in [0.25, 0.3) is 0 Å². The highest BCUT2D eigenvalue weighted by atomic mass is 16.5. The molecule has 1 amide bonds. The molecule has 0 aromatic heterocycles. The number of hydrogen-bond donors (Lipinski definition) is 1. The highest BCUT2D eigenvalue weighted by Gasteiger charge is 2.21. The van der Waals surface area contributed by atoms with Gasteiger partial charge in [0.2, 0.25) is 0 Å². The van der Waals surface area contributed by atoms with Gasteiger partial charge in [-0.15, -0.1) is 0 Å². The van der Waals surface area contributed by atoms with Gasteiger partial charge in [-0.2, -0.15) is 0 Å². The summed E-state index contributed by atoms with van der Waals surface area (Å²) in [5.41, 5.74) is 2.05. The van der Waals surface area contributed by atoms with Crippen molar-refractivity contribution in [3.05, 3.63) is 59.7 Å². The van der Waals surface area contributed by atoms with Crippen molar-refractivity contribution < 1.29 is 14.3 Å². The first-order valence-electron chi connectivity index (χ1n) is 8.80. The maximum absolute atomic E-state index is 12.6. The summed E-state index contributed by atoms with van der Waals surface area (Å²) in [6.45, 7) is 8.48. The quantitative estimate of drug-likeness (QED) is 0.773. The van der Waals surface area contributed by atoms with Crippen LogP contribution in [0.4, 0.5) is 0 Å².